The first-order valence-electron chi connectivity index (χ1n) is 33.8. The third kappa shape index (κ3) is 61.2. The molecule has 0 rings (SSSR count). The van der Waals surface area contributed by atoms with E-state index < -0.39 is 12.1 Å². The summed E-state index contributed by atoms with van der Waals surface area (Å²) in [5, 5.41) is 23.2. The molecule has 442 valence electrons. The second-order valence-electron chi connectivity index (χ2n) is 23.2. The Hall–Kier alpha value is -1.92. The number of carbonyl (C=O) groups is 2. The third-order valence-corrected chi connectivity index (χ3v) is 15.7. The van der Waals surface area contributed by atoms with Gasteiger partial charge in [0.25, 0.3) is 0 Å². The molecule has 3 N–H and O–H groups in total. The highest BCUT2D eigenvalue weighted by Crippen LogP contribution is 2.18. The van der Waals surface area contributed by atoms with E-state index in [1.54, 1.807) is 6.08 Å². The summed E-state index contributed by atoms with van der Waals surface area (Å²) in [4.78, 5) is 24.6. The fourth-order valence-electron chi connectivity index (χ4n) is 10.5. The Bertz CT molecular complexity index is 1210. The summed E-state index contributed by atoms with van der Waals surface area (Å²) in [6, 6.07) is -0.628. The first-order chi connectivity index (χ1) is 37.0. The molecule has 0 aromatic heterocycles. The molecule has 0 bridgehead atoms. The van der Waals surface area contributed by atoms with Crippen LogP contribution < -0.4 is 5.32 Å². The van der Waals surface area contributed by atoms with E-state index in [1.807, 2.05) is 6.08 Å². The Morgan fingerprint density at radius 1 is 0.373 bits per heavy atom. The predicted molar refractivity (Wildman–Crippen MR) is 329 cm³/mol. The largest absolute Gasteiger partial charge is 0.466 e. The lowest BCUT2D eigenvalue weighted by molar-refractivity contribution is -0.143. The molecule has 0 fully saturated rings. The molecule has 0 aromatic rings. The Morgan fingerprint density at radius 3 is 1.04 bits per heavy atom. The second kappa shape index (κ2) is 64.6. The zero-order chi connectivity index (χ0) is 54.3. The Balaban J connectivity index is 3.38. The van der Waals surface area contributed by atoms with Crippen molar-refractivity contribution in [2.24, 2.45) is 0 Å². The number of nitrogens with one attached hydrogen (secondary N) is 1. The van der Waals surface area contributed by atoms with Gasteiger partial charge in [-0.25, -0.2) is 0 Å². The molecule has 0 aliphatic rings. The molecule has 0 aromatic carbocycles. The Labute approximate surface area is 468 Å². The maximum absolute atomic E-state index is 12.5. The zero-order valence-corrected chi connectivity index (χ0v) is 50.5. The van der Waals surface area contributed by atoms with E-state index in [9.17, 15) is 19.8 Å². The van der Waals surface area contributed by atoms with E-state index in [0.717, 1.165) is 51.4 Å². The molecule has 6 heteroatoms. The van der Waals surface area contributed by atoms with Gasteiger partial charge in [-0.3, -0.25) is 9.59 Å². The van der Waals surface area contributed by atoms with Crippen molar-refractivity contribution in [1.82, 2.24) is 5.32 Å². The van der Waals surface area contributed by atoms with Gasteiger partial charge in [0.1, 0.15) is 0 Å². The van der Waals surface area contributed by atoms with Crippen LogP contribution in [-0.2, 0) is 14.3 Å². The van der Waals surface area contributed by atoms with Gasteiger partial charge in [-0.05, 0) is 64.2 Å². The zero-order valence-electron chi connectivity index (χ0n) is 50.5. The number of aliphatic hydroxyl groups is 2. The second-order valence-corrected chi connectivity index (χ2v) is 23.2. The smallest absolute Gasteiger partial charge is 0.305 e. The van der Waals surface area contributed by atoms with Crippen LogP contribution in [0.25, 0.3) is 0 Å². The van der Waals surface area contributed by atoms with Crippen LogP contribution in [0.15, 0.2) is 36.5 Å². The summed E-state index contributed by atoms with van der Waals surface area (Å²) < 4.78 is 5.50. The van der Waals surface area contributed by atoms with E-state index in [4.69, 9.17) is 4.74 Å². The van der Waals surface area contributed by atoms with Crippen molar-refractivity contribution >= 4 is 11.9 Å². The number of rotatable bonds is 63. The van der Waals surface area contributed by atoms with Crippen LogP contribution in [0.1, 0.15) is 367 Å². The molecule has 0 aliphatic carbocycles. The van der Waals surface area contributed by atoms with Gasteiger partial charge in [-0.15, -0.1) is 0 Å². The number of unbranched alkanes of at least 4 members (excludes halogenated alkanes) is 48. The minimum atomic E-state index is -0.844. The molecule has 6 nitrogen and oxygen atoms in total. The summed E-state index contributed by atoms with van der Waals surface area (Å²) >= 11 is 0. The molecule has 0 saturated carbocycles. The number of ether oxygens (including phenoxy) is 1. The number of hydrogen-bond acceptors (Lipinski definition) is 5. The lowest BCUT2D eigenvalue weighted by Gasteiger charge is -2.20. The van der Waals surface area contributed by atoms with Crippen LogP contribution in [0.2, 0.25) is 0 Å². The third-order valence-electron chi connectivity index (χ3n) is 15.7. The maximum atomic E-state index is 12.5. The van der Waals surface area contributed by atoms with Crippen molar-refractivity contribution in [2.75, 3.05) is 13.2 Å². The maximum Gasteiger partial charge on any atom is 0.305 e. The van der Waals surface area contributed by atoms with Gasteiger partial charge in [0.05, 0.1) is 25.4 Å². The van der Waals surface area contributed by atoms with Gasteiger partial charge >= 0.3 is 5.97 Å². The van der Waals surface area contributed by atoms with E-state index in [-0.39, 0.29) is 18.5 Å². The van der Waals surface area contributed by atoms with Gasteiger partial charge < -0.3 is 20.3 Å². The van der Waals surface area contributed by atoms with E-state index in [1.165, 1.54) is 289 Å². The number of aliphatic hydroxyl groups excluding tert-OH is 2. The Kier molecular flexibility index (Phi) is 63.0. The minimum Gasteiger partial charge on any atom is -0.466 e. The van der Waals surface area contributed by atoms with Crippen molar-refractivity contribution in [2.45, 2.75) is 379 Å². The average Bonchev–Trinajstić information content (AvgIpc) is 3.41. The van der Waals surface area contributed by atoms with Crippen LogP contribution in [0.5, 0.6) is 0 Å². The molecular weight excluding hydrogens is 923 g/mol. The minimum absolute atomic E-state index is 0.0105. The first kappa shape index (κ1) is 73.1. The highest BCUT2D eigenvalue weighted by atomic mass is 16.5. The summed E-state index contributed by atoms with van der Waals surface area (Å²) in [5.41, 5.74) is 0. The molecular formula is C69H131NO5. The molecule has 0 aliphatic heterocycles. The van der Waals surface area contributed by atoms with E-state index in [2.05, 4.69) is 43.5 Å². The van der Waals surface area contributed by atoms with Gasteiger partial charge in [0.2, 0.25) is 5.91 Å². The standard InChI is InChI=1S/C69H131NO5/c1-3-5-7-9-11-13-15-17-19-21-27-31-35-39-43-47-51-55-59-63-69(74)75-64-60-56-52-48-44-40-36-32-29-26-24-22-23-25-28-30-34-38-42-46-50-54-58-62-68(73)70-66(65-71)67(72)61-57-53-49-45-41-37-33-20-18-16-14-12-10-8-6-4-2/h11,13,17,19,57,61,66-67,71-72H,3-10,12,14-16,18,20-56,58-60,62-65H2,1-2H3,(H,70,73)/b13-11-,19-17-,61-57+. The fourth-order valence-corrected chi connectivity index (χ4v) is 10.5. The van der Waals surface area contributed by atoms with E-state index >= 15 is 0 Å². The van der Waals surface area contributed by atoms with Gasteiger partial charge in [0, 0.05) is 12.8 Å². The lowest BCUT2D eigenvalue weighted by atomic mass is 10.0. The van der Waals surface area contributed by atoms with Crippen LogP contribution in [0.3, 0.4) is 0 Å². The molecule has 75 heavy (non-hydrogen) atoms. The van der Waals surface area contributed by atoms with Crippen LogP contribution >= 0.6 is 0 Å². The number of allylic oxidation sites excluding steroid dienone is 5. The summed E-state index contributed by atoms with van der Waals surface area (Å²) in [6.07, 6.45) is 82.0. The van der Waals surface area contributed by atoms with Crippen molar-refractivity contribution in [3.63, 3.8) is 0 Å². The highest BCUT2D eigenvalue weighted by molar-refractivity contribution is 5.76. The summed E-state index contributed by atoms with van der Waals surface area (Å²) in [5.74, 6) is -0.0549. The van der Waals surface area contributed by atoms with Crippen molar-refractivity contribution in [1.29, 1.82) is 0 Å². The van der Waals surface area contributed by atoms with Crippen LogP contribution in [0, 0.1) is 0 Å². The molecule has 0 spiro atoms. The predicted octanol–water partition coefficient (Wildman–Crippen LogP) is 21.5. The van der Waals surface area contributed by atoms with Crippen molar-refractivity contribution < 1.29 is 24.5 Å². The number of amides is 1. The quantitative estimate of drug-likeness (QED) is 0.0320. The molecule has 0 heterocycles. The SMILES string of the molecule is CCCCC/C=C\C/C=C\CCCCCCCCCCCC(=O)OCCCCCCCCCCCCCCCCCCCCCCCCCC(=O)NC(CO)C(O)/C=C/CCCCCCCCCCCCCCCC. The highest BCUT2D eigenvalue weighted by Gasteiger charge is 2.18. The van der Waals surface area contributed by atoms with E-state index in [0.29, 0.717) is 19.4 Å². The van der Waals surface area contributed by atoms with Gasteiger partial charge in [0.15, 0.2) is 0 Å². The normalized spacial score (nSPS) is 12.7. The number of hydrogen-bond donors (Lipinski definition) is 3. The topological polar surface area (TPSA) is 95.9 Å². The van der Waals surface area contributed by atoms with Crippen molar-refractivity contribution in [3.8, 4) is 0 Å². The lowest BCUT2D eigenvalue weighted by Crippen LogP contribution is -2.45. The average molecular weight is 1050 g/mol. The van der Waals surface area contributed by atoms with Crippen molar-refractivity contribution in [3.05, 3.63) is 36.5 Å². The van der Waals surface area contributed by atoms with Gasteiger partial charge in [-0.1, -0.05) is 326 Å². The summed E-state index contributed by atoms with van der Waals surface area (Å²) in [7, 11) is 0. The van der Waals surface area contributed by atoms with Gasteiger partial charge in [-0.2, -0.15) is 0 Å². The first-order valence-corrected chi connectivity index (χ1v) is 33.8. The fraction of sp³-hybridized carbons (Fsp3) is 0.884. The number of carbonyl (C=O) groups excluding carboxylic acids is 2. The Morgan fingerprint density at radius 2 is 0.667 bits per heavy atom. The molecule has 1 amide bonds. The van der Waals surface area contributed by atoms with Crippen LogP contribution in [-0.4, -0.2) is 47.4 Å². The number of esters is 1. The molecule has 2 atom stereocenters. The molecule has 2 unspecified atom stereocenters. The summed E-state index contributed by atoms with van der Waals surface area (Å²) in [6.45, 7) is 4.90. The molecule has 0 saturated heterocycles. The monoisotopic (exact) mass is 1050 g/mol. The van der Waals surface area contributed by atoms with Crippen LogP contribution in [0.4, 0.5) is 0 Å². The molecule has 0 radical (unpaired) electrons.